The molecular weight excluding hydrogens is 212 g/mol. The van der Waals surface area contributed by atoms with Gasteiger partial charge in [0.25, 0.3) is 0 Å². The first-order valence-corrected chi connectivity index (χ1v) is 5.63. The Labute approximate surface area is 99.7 Å². The third-order valence-corrected chi connectivity index (χ3v) is 3.39. The molecule has 1 fully saturated rings. The van der Waals surface area contributed by atoms with Gasteiger partial charge in [-0.1, -0.05) is 6.07 Å². The lowest BCUT2D eigenvalue weighted by atomic mass is 9.98. The molecule has 0 saturated heterocycles. The highest BCUT2D eigenvalue weighted by atomic mass is 16.5. The van der Waals surface area contributed by atoms with Crippen LogP contribution in [0.5, 0.6) is 5.75 Å². The van der Waals surface area contributed by atoms with Gasteiger partial charge in [-0.3, -0.25) is 4.98 Å². The molecule has 1 aromatic heterocycles. The van der Waals surface area contributed by atoms with Gasteiger partial charge < -0.3 is 4.74 Å². The maximum Gasteiger partial charge on any atom is 0.119 e. The molecule has 2 aromatic rings. The van der Waals surface area contributed by atoms with Gasteiger partial charge in [0, 0.05) is 11.6 Å². The molecule has 0 radical (unpaired) electrons. The monoisotopic (exact) mass is 224 g/mol. The zero-order valence-electron chi connectivity index (χ0n) is 9.60. The van der Waals surface area contributed by atoms with Crippen LogP contribution in [0.4, 0.5) is 0 Å². The molecule has 3 nitrogen and oxygen atoms in total. The predicted molar refractivity (Wildman–Crippen MR) is 64.8 cm³/mol. The minimum atomic E-state index is -0.355. The summed E-state index contributed by atoms with van der Waals surface area (Å²) in [5.41, 5.74) is 0.544. The second-order valence-electron chi connectivity index (χ2n) is 4.44. The quantitative estimate of drug-likeness (QED) is 0.788. The Morgan fingerprint density at radius 1 is 1.35 bits per heavy atom. The van der Waals surface area contributed by atoms with Gasteiger partial charge in [-0.15, -0.1) is 0 Å². The van der Waals surface area contributed by atoms with Crippen molar-refractivity contribution in [3.8, 4) is 11.8 Å². The number of aromatic nitrogens is 1. The highest BCUT2D eigenvalue weighted by Crippen LogP contribution is 2.48. The predicted octanol–water partition coefficient (Wildman–Crippen LogP) is 2.80. The normalized spacial score (nSPS) is 16.5. The van der Waals surface area contributed by atoms with Crippen molar-refractivity contribution in [2.45, 2.75) is 18.3 Å². The molecule has 3 rings (SSSR count). The van der Waals surface area contributed by atoms with Gasteiger partial charge in [-0.2, -0.15) is 5.26 Å². The molecule has 0 bridgehead atoms. The summed E-state index contributed by atoms with van der Waals surface area (Å²) in [7, 11) is 1.65. The molecule has 1 aliphatic carbocycles. The van der Waals surface area contributed by atoms with Crippen LogP contribution < -0.4 is 4.74 Å². The molecule has 1 heterocycles. The summed E-state index contributed by atoms with van der Waals surface area (Å²) < 4.78 is 5.23. The van der Waals surface area contributed by atoms with Crippen molar-refractivity contribution in [3.63, 3.8) is 0 Å². The number of benzene rings is 1. The molecule has 3 heteroatoms. The Hall–Kier alpha value is -2.08. The van der Waals surface area contributed by atoms with Crippen molar-refractivity contribution in [2.24, 2.45) is 0 Å². The highest BCUT2D eigenvalue weighted by Gasteiger charge is 2.47. The number of rotatable bonds is 2. The number of ether oxygens (including phenoxy) is 1. The zero-order chi connectivity index (χ0) is 11.9. The maximum absolute atomic E-state index is 9.27. The molecule has 84 valence electrons. The van der Waals surface area contributed by atoms with Crippen LogP contribution in [0, 0.1) is 11.3 Å². The van der Waals surface area contributed by atoms with Crippen LogP contribution >= 0.6 is 0 Å². The third kappa shape index (κ3) is 1.45. The summed E-state index contributed by atoms with van der Waals surface area (Å²) in [6.45, 7) is 0. The van der Waals surface area contributed by atoms with Crippen LogP contribution in [0.15, 0.2) is 30.5 Å². The lowest BCUT2D eigenvalue weighted by Crippen LogP contribution is -2.06. The minimum absolute atomic E-state index is 0.355. The molecule has 0 spiro atoms. The van der Waals surface area contributed by atoms with Crippen LogP contribution in [0.1, 0.15) is 18.5 Å². The fourth-order valence-electron chi connectivity index (χ4n) is 2.18. The molecular formula is C14H12N2O. The number of nitriles is 1. The number of methoxy groups -OCH3 is 1. The number of pyridine rings is 1. The summed E-state index contributed by atoms with van der Waals surface area (Å²) in [6.07, 6.45) is 3.60. The number of fused-ring (bicyclic) bond motifs is 1. The van der Waals surface area contributed by atoms with E-state index in [2.05, 4.69) is 11.1 Å². The minimum Gasteiger partial charge on any atom is -0.497 e. The second kappa shape index (κ2) is 3.46. The van der Waals surface area contributed by atoms with E-state index >= 15 is 0 Å². The summed E-state index contributed by atoms with van der Waals surface area (Å²) in [5.74, 6) is 0.806. The largest absolute Gasteiger partial charge is 0.497 e. The molecule has 0 amide bonds. The van der Waals surface area contributed by atoms with Gasteiger partial charge in [-0.25, -0.2) is 0 Å². The van der Waals surface area contributed by atoms with E-state index in [9.17, 15) is 5.26 Å². The molecule has 1 saturated carbocycles. The van der Waals surface area contributed by atoms with E-state index in [1.165, 1.54) is 0 Å². The third-order valence-electron chi connectivity index (χ3n) is 3.39. The van der Waals surface area contributed by atoms with Crippen LogP contribution in [0.2, 0.25) is 0 Å². The Morgan fingerprint density at radius 3 is 2.82 bits per heavy atom. The SMILES string of the molecule is COc1ccc2ccnc(C3(C#N)CC3)c2c1. The number of hydrogen-bond acceptors (Lipinski definition) is 3. The first-order chi connectivity index (χ1) is 8.29. The van der Waals surface area contributed by atoms with Crippen LogP contribution in [0.25, 0.3) is 10.8 Å². The Balaban J connectivity index is 2.28. The standard InChI is InChI=1S/C14H12N2O/c1-17-11-3-2-10-4-7-16-13(12(10)8-11)14(9-15)5-6-14/h2-4,7-8H,5-6H2,1H3. The van der Waals surface area contributed by atoms with Crippen molar-refractivity contribution >= 4 is 10.8 Å². The van der Waals surface area contributed by atoms with Gasteiger partial charge in [0.1, 0.15) is 11.2 Å². The zero-order valence-corrected chi connectivity index (χ0v) is 9.60. The summed E-state index contributed by atoms with van der Waals surface area (Å²) in [5, 5.41) is 11.4. The van der Waals surface area contributed by atoms with Crippen molar-refractivity contribution < 1.29 is 4.74 Å². The lowest BCUT2D eigenvalue weighted by molar-refractivity contribution is 0.415. The van der Waals surface area contributed by atoms with E-state index in [1.54, 1.807) is 13.3 Å². The Morgan fingerprint density at radius 2 is 2.18 bits per heavy atom. The highest BCUT2D eigenvalue weighted by molar-refractivity contribution is 5.87. The fourth-order valence-corrected chi connectivity index (χ4v) is 2.18. The first-order valence-electron chi connectivity index (χ1n) is 5.63. The van der Waals surface area contributed by atoms with E-state index in [0.717, 1.165) is 35.1 Å². The maximum atomic E-state index is 9.27. The van der Waals surface area contributed by atoms with E-state index in [1.807, 2.05) is 24.3 Å². The van der Waals surface area contributed by atoms with Gasteiger partial charge in [0.2, 0.25) is 0 Å². The van der Waals surface area contributed by atoms with Gasteiger partial charge in [-0.05, 0) is 36.4 Å². The van der Waals surface area contributed by atoms with Crippen molar-refractivity contribution in [3.05, 3.63) is 36.2 Å². The lowest BCUT2D eigenvalue weighted by Gasteiger charge is -2.10. The second-order valence-corrected chi connectivity index (χ2v) is 4.44. The summed E-state index contributed by atoms with van der Waals surface area (Å²) in [4.78, 5) is 4.41. The van der Waals surface area contributed by atoms with E-state index < -0.39 is 0 Å². The topological polar surface area (TPSA) is 45.9 Å². The van der Waals surface area contributed by atoms with Crippen molar-refractivity contribution in [1.29, 1.82) is 5.26 Å². The molecule has 1 aliphatic rings. The van der Waals surface area contributed by atoms with Crippen molar-refractivity contribution in [1.82, 2.24) is 4.98 Å². The van der Waals surface area contributed by atoms with Crippen LogP contribution in [-0.2, 0) is 5.41 Å². The van der Waals surface area contributed by atoms with Gasteiger partial charge in [0.15, 0.2) is 0 Å². The molecule has 0 atom stereocenters. The van der Waals surface area contributed by atoms with E-state index in [-0.39, 0.29) is 5.41 Å². The molecule has 0 unspecified atom stereocenters. The van der Waals surface area contributed by atoms with Crippen LogP contribution in [-0.4, -0.2) is 12.1 Å². The summed E-state index contributed by atoms with van der Waals surface area (Å²) >= 11 is 0. The van der Waals surface area contributed by atoms with E-state index in [0.29, 0.717) is 0 Å². The molecule has 0 aliphatic heterocycles. The van der Waals surface area contributed by atoms with Gasteiger partial charge in [0.05, 0.1) is 18.9 Å². The molecule has 0 N–H and O–H groups in total. The number of hydrogen-bond donors (Lipinski definition) is 0. The average molecular weight is 224 g/mol. The van der Waals surface area contributed by atoms with E-state index in [4.69, 9.17) is 4.74 Å². The Bertz CT molecular complexity index is 624. The Kier molecular flexibility index (Phi) is 2.05. The molecule has 17 heavy (non-hydrogen) atoms. The first kappa shape index (κ1) is 10.1. The van der Waals surface area contributed by atoms with Crippen molar-refractivity contribution in [2.75, 3.05) is 7.11 Å². The van der Waals surface area contributed by atoms with Crippen LogP contribution in [0.3, 0.4) is 0 Å². The average Bonchev–Trinajstić information content (AvgIpc) is 3.18. The fraction of sp³-hybridized carbons (Fsp3) is 0.286. The summed E-state index contributed by atoms with van der Waals surface area (Å²) in [6, 6.07) is 10.3. The smallest absolute Gasteiger partial charge is 0.119 e. The molecule has 1 aromatic carbocycles. The number of nitrogens with zero attached hydrogens (tertiary/aromatic N) is 2. The van der Waals surface area contributed by atoms with Gasteiger partial charge >= 0.3 is 0 Å².